The summed E-state index contributed by atoms with van der Waals surface area (Å²) in [4.78, 5) is 66.7. The minimum absolute atomic E-state index is 0.106. The van der Waals surface area contributed by atoms with Gasteiger partial charge < -0.3 is 89.5 Å². The molecular weight excluding hydrogens is 1430 g/mol. The van der Waals surface area contributed by atoms with Crippen molar-refractivity contribution in [3.63, 3.8) is 0 Å². The monoisotopic (exact) mass is 1540 g/mol. The van der Waals surface area contributed by atoms with E-state index in [9.17, 15) is 9.59 Å². The van der Waals surface area contributed by atoms with Gasteiger partial charge in [0.05, 0.1) is 19.0 Å². The maximum Gasteiger partial charge on any atom is 0.407 e. The second kappa shape index (κ2) is 42.4. The molecule has 28 nitrogen and oxygen atoms in total. The van der Waals surface area contributed by atoms with Crippen LogP contribution in [0.1, 0.15) is 184 Å². The number of benzene rings is 2. The number of H-pyrrole nitrogens is 1. The summed E-state index contributed by atoms with van der Waals surface area (Å²) in [6.07, 6.45) is 22.1. The maximum atomic E-state index is 11.6. The van der Waals surface area contributed by atoms with Crippen molar-refractivity contribution in [2.45, 2.75) is 244 Å². The van der Waals surface area contributed by atoms with E-state index < -0.39 is 11.2 Å². The Hall–Kier alpha value is -6.96. The van der Waals surface area contributed by atoms with E-state index in [1.165, 1.54) is 32.0 Å². The minimum Gasteiger partial charge on any atom is -0.444 e. The molecule has 33 heteroatoms. The number of hydrogen-bond donors (Lipinski definition) is 11. The molecular formula is C71H113Cl5N24O4. The first-order valence-electron chi connectivity index (χ1n) is 35.4. The SMILES string of the molecule is CC(C)(C)OC(=O)NC1CCC(N)CC1.CC(C)n1cnc2c(Cl)nc(Cl)nc21.CC(C)n1cnc2c(Nc3cccc(N)c3)nc(Cl)nc21.CN(C)C1CCC(N)CC1.CN(C)C1CCC(NC(=O)OC(C)(C)C)CC1.Clc1nc(Cl)c2[nH]cnc2n1.NC1CCC(N)CC1.Nc1cccc(N)c1. The van der Waals surface area contributed by atoms with Crippen LogP contribution >= 0.6 is 58.0 Å². The van der Waals surface area contributed by atoms with Gasteiger partial charge >= 0.3 is 12.2 Å². The van der Waals surface area contributed by atoms with Crippen molar-refractivity contribution in [3.8, 4) is 0 Å². The number of imidazole rings is 3. The topological polar surface area (TPSA) is 419 Å². The number of nitrogens with two attached hydrogens (primary N) is 7. The predicted octanol–water partition coefficient (Wildman–Crippen LogP) is 13.8. The lowest BCUT2D eigenvalue weighted by Crippen LogP contribution is -2.43. The van der Waals surface area contributed by atoms with Gasteiger partial charge in [-0.1, -0.05) is 35.3 Å². The number of hydrogen-bond acceptors (Lipinski definition) is 23. The zero-order valence-electron chi connectivity index (χ0n) is 62.8. The molecule has 2 aromatic carbocycles. The lowest BCUT2D eigenvalue weighted by molar-refractivity contribution is 0.0475. The van der Waals surface area contributed by atoms with Gasteiger partial charge in [-0.3, -0.25) is 0 Å². The number of nitrogens with zero attached hydrogens (tertiary/aromatic N) is 13. The van der Waals surface area contributed by atoms with Crippen LogP contribution in [0.15, 0.2) is 67.5 Å². The van der Waals surface area contributed by atoms with Crippen molar-refractivity contribution in [1.82, 2.24) is 79.4 Å². The average Bonchev–Trinajstić information content (AvgIpc) is 1.64. The van der Waals surface area contributed by atoms with Crippen molar-refractivity contribution >= 4 is 132 Å². The molecule has 2 amide bonds. The molecule has 0 atom stereocenters. The molecule has 104 heavy (non-hydrogen) atoms. The molecule has 4 aliphatic carbocycles. The van der Waals surface area contributed by atoms with Crippen molar-refractivity contribution in [3.05, 3.63) is 93.7 Å². The molecule has 8 aromatic rings. The van der Waals surface area contributed by atoms with Crippen molar-refractivity contribution < 1.29 is 19.1 Å². The minimum atomic E-state index is -0.421. The number of nitrogen functional groups attached to an aromatic ring is 3. The van der Waals surface area contributed by atoms with Crippen LogP contribution in [-0.2, 0) is 9.47 Å². The highest BCUT2D eigenvalue weighted by atomic mass is 35.5. The van der Waals surface area contributed by atoms with Crippen LogP contribution in [0.25, 0.3) is 33.5 Å². The highest BCUT2D eigenvalue weighted by Gasteiger charge is 2.27. The Balaban J connectivity index is 0.000000218. The Morgan fingerprint density at radius 1 is 0.510 bits per heavy atom. The van der Waals surface area contributed by atoms with E-state index in [4.69, 9.17) is 108 Å². The van der Waals surface area contributed by atoms with Crippen molar-refractivity contribution in [1.29, 1.82) is 0 Å². The van der Waals surface area contributed by atoms with E-state index in [1.54, 1.807) is 30.9 Å². The summed E-state index contributed by atoms with van der Waals surface area (Å²) in [6, 6.07) is 18.7. The summed E-state index contributed by atoms with van der Waals surface area (Å²) >= 11 is 28.8. The number of fused-ring (bicyclic) bond motifs is 3. The fraction of sp³-hybridized carbons (Fsp3) is 0.592. The van der Waals surface area contributed by atoms with Gasteiger partial charge in [0.25, 0.3) is 0 Å². The first kappa shape index (κ1) is 87.7. The lowest BCUT2D eigenvalue weighted by atomic mass is 9.91. The predicted molar refractivity (Wildman–Crippen MR) is 425 cm³/mol. The van der Waals surface area contributed by atoms with Crippen LogP contribution in [0.4, 0.5) is 38.2 Å². The highest BCUT2D eigenvalue weighted by Crippen LogP contribution is 2.29. The molecule has 4 aliphatic rings. The number of halogens is 5. The Bertz CT molecular complexity index is 3840. The van der Waals surface area contributed by atoms with E-state index in [1.807, 2.05) is 94.9 Å². The van der Waals surface area contributed by atoms with Gasteiger partial charge in [-0.25, -0.2) is 34.5 Å². The molecule has 6 heterocycles. The van der Waals surface area contributed by atoms with E-state index in [0.29, 0.717) is 91.7 Å². The molecule has 0 bridgehead atoms. The summed E-state index contributed by atoms with van der Waals surface area (Å²) in [5.41, 5.74) is 45.2. The quantitative estimate of drug-likeness (QED) is 0.0382. The van der Waals surface area contributed by atoms with E-state index >= 15 is 0 Å². The second-order valence-electron chi connectivity index (χ2n) is 29.3. The van der Waals surface area contributed by atoms with Crippen LogP contribution in [-0.4, -0.2) is 169 Å². The van der Waals surface area contributed by atoms with Crippen LogP contribution in [0.3, 0.4) is 0 Å². The third-order valence-electron chi connectivity index (χ3n) is 17.1. The normalized spacial score (nSPS) is 20.2. The van der Waals surface area contributed by atoms with Crippen LogP contribution in [0, 0.1) is 0 Å². The molecule has 18 N–H and O–H groups in total. The van der Waals surface area contributed by atoms with Crippen LogP contribution < -0.4 is 56.1 Å². The zero-order chi connectivity index (χ0) is 77.2. The molecule has 6 aromatic heterocycles. The molecule has 0 saturated heterocycles. The van der Waals surface area contributed by atoms with Gasteiger partial charge in [0.2, 0.25) is 15.9 Å². The summed E-state index contributed by atoms with van der Waals surface area (Å²) in [5.74, 6) is 0.565. The Morgan fingerprint density at radius 2 is 0.885 bits per heavy atom. The number of amides is 2. The highest BCUT2D eigenvalue weighted by molar-refractivity contribution is 6.35. The molecule has 0 unspecified atom stereocenters. The smallest absolute Gasteiger partial charge is 0.407 e. The van der Waals surface area contributed by atoms with E-state index in [0.717, 1.165) is 88.8 Å². The Morgan fingerprint density at radius 3 is 1.31 bits per heavy atom. The average molecular weight is 1540 g/mol. The molecule has 4 saturated carbocycles. The van der Waals surface area contributed by atoms with Gasteiger partial charge in [-0.05, 0) is 271 Å². The molecule has 0 aliphatic heterocycles. The summed E-state index contributed by atoms with van der Waals surface area (Å²) in [5, 5.41) is 10.0. The summed E-state index contributed by atoms with van der Waals surface area (Å²) < 4.78 is 14.3. The standard InChI is InChI=1S/C14H15ClN6.C13H26N2O2.C11H22N2O2.C8H8Cl2N4.C8H18N2.C6H14N2.C6H8N2.C5H2Cl2N4/c1-8(2)21-7-17-11-12(19-14(15)20-13(11)21)18-10-5-3-4-9(16)6-10;1-13(2,3)17-12(16)14-10-6-8-11(9-7-10)15(4)5;1-11(2,3)15-10(14)13-9-6-4-8(12)5-7-9;1-4(2)14-3-11-5-6(9)12-8(10)13-7(5)14;1-10(2)8-5-3-7(9)4-6-8;7-5-1-2-6(8)4-3-5;7-5-2-1-3-6(8)4-5;6-3-2-4(9-1-8-2)11-5(7)10-3/h3-8H,16H2,1-2H3,(H,18,19,20);10-11H,6-9H2,1-5H3,(H,14,16);8-9H,4-7,12H2,1-3H3,(H,13,14);3-4H,1-2H3;7-8H,3-6,9H2,1-2H3;5-6H,1-4,7-8H2;1-4H,7-8H2;1H,(H,8,9,10,11). The Labute approximate surface area is 637 Å². The van der Waals surface area contributed by atoms with Crippen molar-refractivity contribution in [2.24, 2.45) is 22.9 Å². The first-order chi connectivity index (χ1) is 48.8. The van der Waals surface area contributed by atoms with E-state index in [2.05, 4.69) is 118 Å². The number of aromatic nitrogens is 12. The third kappa shape index (κ3) is 31.6. The molecule has 576 valence electrons. The number of carbonyl (C=O) groups excluding carboxylic acids is 2. The number of ether oxygens (including phenoxy) is 2. The van der Waals surface area contributed by atoms with Crippen molar-refractivity contribution in [2.75, 3.05) is 50.7 Å². The van der Waals surface area contributed by atoms with Gasteiger partial charge in [0, 0.05) is 83.2 Å². The molecule has 12 rings (SSSR count). The summed E-state index contributed by atoms with van der Waals surface area (Å²) in [6.45, 7) is 19.4. The van der Waals surface area contributed by atoms with Gasteiger partial charge in [0.1, 0.15) is 22.2 Å². The number of carbonyl (C=O) groups is 2. The lowest BCUT2D eigenvalue weighted by Gasteiger charge is -2.33. The van der Waals surface area contributed by atoms with Gasteiger partial charge in [-0.15, -0.1) is 0 Å². The number of alkyl carbamates (subject to hydrolysis) is 2. The first-order valence-corrected chi connectivity index (χ1v) is 37.3. The van der Waals surface area contributed by atoms with Gasteiger partial charge in [-0.2, -0.15) is 19.9 Å². The fourth-order valence-corrected chi connectivity index (χ4v) is 12.4. The zero-order valence-corrected chi connectivity index (χ0v) is 66.6. The number of nitrogens with one attached hydrogen (secondary N) is 4. The number of aromatic amines is 1. The molecule has 0 spiro atoms. The number of rotatable bonds is 8. The third-order valence-corrected chi connectivity index (χ3v) is 18.1. The largest absolute Gasteiger partial charge is 0.444 e. The maximum absolute atomic E-state index is 11.6. The van der Waals surface area contributed by atoms with Crippen LogP contribution in [0.2, 0.25) is 26.2 Å². The van der Waals surface area contributed by atoms with Gasteiger partial charge in [0.15, 0.2) is 38.6 Å². The number of anilines is 5. The molecule has 0 radical (unpaired) electrons. The second-order valence-corrected chi connectivity index (χ2v) is 31.1. The van der Waals surface area contributed by atoms with E-state index in [-0.39, 0.29) is 57.4 Å². The Kier molecular flexibility index (Phi) is 35.7. The van der Waals surface area contributed by atoms with Crippen LogP contribution in [0.5, 0.6) is 0 Å². The fourth-order valence-electron chi connectivity index (χ4n) is 11.4. The molecule has 4 fully saturated rings. The summed E-state index contributed by atoms with van der Waals surface area (Å²) in [7, 11) is 8.54.